The molecule has 2 saturated heterocycles. The summed E-state index contributed by atoms with van der Waals surface area (Å²) < 4.78 is 23.4. The van der Waals surface area contributed by atoms with E-state index in [1.807, 2.05) is 6.92 Å². The van der Waals surface area contributed by atoms with Crippen LogP contribution in [0, 0.1) is 12.8 Å². The van der Waals surface area contributed by atoms with Gasteiger partial charge in [-0.25, -0.2) is 8.42 Å². The van der Waals surface area contributed by atoms with Crippen LogP contribution in [0.1, 0.15) is 43.7 Å². The summed E-state index contributed by atoms with van der Waals surface area (Å²) in [7, 11) is -1.21. The van der Waals surface area contributed by atoms with Gasteiger partial charge >= 0.3 is 0 Å². The molecule has 2 heterocycles. The molecule has 0 radical (unpaired) electrons. The molecule has 0 bridgehead atoms. The fourth-order valence-electron chi connectivity index (χ4n) is 4.47. The smallest absolute Gasteiger partial charge is 0.239 e. The highest BCUT2D eigenvalue weighted by Crippen LogP contribution is 2.25. The molecule has 3 rings (SSSR count). The number of benzene rings is 1. The minimum Gasteiger partial charge on any atom is -0.340 e. The highest BCUT2D eigenvalue weighted by Gasteiger charge is 2.36. The zero-order chi connectivity index (χ0) is 20.3. The van der Waals surface area contributed by atoms with Crippen molar-refractivity contribution < 1.29 is 13.2 Å². The molecule has 6 heteroatoms. The number of carbonyl (C=O) groups is 1. The van der Waals surface area contributed by atoms with Gasteiger partial charge in [0.25, 0.3) is 0 Å². The Morgan fingerprint density at radius 1 is 1.18 bits per heavy atom. The predicted octanol–water partition coefficient (Wildman–Crippen LogP) is 2.67. The number of hydrogen-bond acceptors (Lipinski definition) is 4. The van der Waals surface area contributed by atoms with Crippen molar-refractivity contribution >= 4 is 15.7 Å². The molecule has 5 nitrogen and oxygen atoms in total. The molecule has 2 unspecified atom stereocenters. The molecule has 0 saturated carbocycles. The van der Waals surface area contributed by atoms with Gasteiger partial charge in [-0.2, -0.15) is 0 Å². The van der Waals surface area contributed by atoms with E-state index in [0.29, 0.717) is 6.42 Å². The van der Waals surface area contributed by atoms with E-state index in [9.17, 15) is 13.2 Å². The first kappa shape index (κ1) is 21.3. The first-order valence-electron chi connectivity index (χ1n) is 10.5. The number of likely N-dealkylation sites (N-methyl/N-ethyl adjacent to an activating group) is 1. The lowest BCUT2D eigenvalue weighted by Crippen LogP contribution is -2.51. The summed E-state index contributed by atoms with van der Waals surface area (Å²) in [6, 6.07) is 8.47. The summed E-state index contributed by atoms with van der Waals surface area (Å²) in [5, 5.41) is 0. The fourth-order valence-corrected chi connectivity index (χ4v) is 6.24. The fraction of sp³-hybridized carbons (Fsp3) is 0.682. The molecule has 0 aliphatic carbocycles. The zero-order valence-corrected chi connectivity index (χ0v) is 18.2. The van der Waals surface area contributed by atoms with E-state index in [2.05, 4.69) is 36.1 Å². The number of sulfone groups is 1. The van der Waals surface area contributed by atoms with Crippen molar-refractivity contribution in [2.75, 3.05) is 31.6 Å². The molecule has 2 fully saturated rings. The summed E-state index contributed by atoms with van der Waals surface area (Å²) in [6.45, 7) is 5.98. The van der Waals surface area contributed by atoms with Crippen LogP contribution in [0.5, 0.6) is 0 Å². The Labute approximate surface area is 170 Å². The standard InChI is InChI=1S/C22H34N2O3S/c1-17-4-6-19(7-5-17)8-9-20-10-13-24(14-11-20)18(2)22(25)23(3)21-12-15-28(26,27)16-21/h4-7,18,20-21H,8-16H2,1-3H3. The van der Waals surface area contributed by atoms with Crippen LogP contribution in [-0.2, 0) is 21.1 Å². The van der Waals surface area contributed by atoms with Crippen molar-refractivity contribution in [1.29, 1.82) is 0 Å². The number of nitrogens with zero attached hydrogens (tertiary/aromatic N) is 2. The van der Waals surface area contributed by atoms with Gasteiger partial charge in [-0.05, 0) is 70.5 Å². The van der Waals surface area contributed by atoms with E-state index >= 15 is 0 Å². The molecule has 0 aromatic heterocycles. The minimum atomic E-state index is -2.97. The van der Waals surface area contributed by atoms with Crippen LogP contribution in [0.2, 0.25) is 0 Å². The SMILES string of the molecule is Cc1ccc(CCC2CCN(C(C)C(=O)N(C)C3CCS(=O)(=O)C3)CC2)cc1. The van der Waals surface area contributed by atoms with Crippen LogP contribution in [0.3, 0.4) is 0 Å². The Bertz CT molecular complexity index is 767. The lowest BCUT2D eigenvalue weighted by atomic mass is 9.90. The molecule has 0 N–H and O–H groups in total. The molecular formula is C22H34N2O3S. The van der Waals surface area contributed by atoms with Crippen LogP contribution in [0.25, 0.3) is 0 Å². The summed E-state index contributed by atoms with van der Waals surface area (Å²) in [6.07, 6.45) is 5.16. The lowest BCUT2D eigenvalue weighted by molar-refractivity contribution is -0.137. The van der Waals surface area contributed by atoms with Gasteiger partial charge in [0, 0.05) is 13.1 Å². The van der Waals surface area contributed by atoms with E-state index in [1.165, 1.54) is 17.5 Å². The minimum absolute atomic E-state index is 0.0557. The molecule has 156 valence electrons. The predicted molar refractivity (Wildman–Crippen MR) is 113 cm³/mol. The molecule has 1 amide bonds. The van der Waals surface area contributed by atoms with Crippen LogP contribution < -0.4 is 0 Å². The number of amides is 1. The Kier molecular flexibility index (Phi) is 6.81. The van der Waals surface area contributed by atoms with Crippen LogP contribution in [0.4, 0.5) is 0 Å². The monoisotopic (exact) mass is 406 g/mol. The van der Waals surface area contributed by atoms with Crippen molar-refractivity contribution in [3.05, 3.63) is 35.4 Å². The summed E-state index contributed by atoms with van der Waals surface area (Å²) >= 11 is 0. The van der Waals surface area contributed by atoms with Crippen molar-refractivity contribution in [1.82, 2.24) is 9.80 Å². The quantitative estimate of drug-likeness (QED) is 0.729. The number of likely N-dealkylation sites (tertiary alicyclic amines) is 1. The number of carbonyl (C=O) groups excluding carboxylic acids is 1. The van der Waals surface area contributed by atoms with Crippen molar-refractivity contribution in [2.24, 2.45) is 5.92 Å². The first-order chi connectivity index (χ1) is 13.2. The largest absolute Gasteiger partial charge is 0.340 e. The van der Waals surface area contributed by atoms with Gasteiger partial charge < -0.3 is 4.90 Å². The molecule has 2 aliphatic rings. The van der Waals surface area contributed by atoms with Crippen LogP contribution >= 0.6 is 0 Å². The average molecular weight is 407 g/mol. The third kappa shape index (κ3) is 5.35. The lowest BCUT2D eigenvalue weighted by Gasteiger charge is -2.37. The van der Waals surface area contributed by atoms with Gasteiger partial charge in [-0.15, -0.1) is 0 Å². The Balaban J connectivity index is 1.44. The topological polar surface area (TPSA) is 57.7 Å². The molecule has 2 atom stereocenters. The highest BCUT2D eigenvalue weighted by molar-refractivity contribution is 7.91. The van der Waals surface area contributed by atoms with Crippen molar-refractivity contribution in [2.45, 2.75) is 58.0 Å². The maximum absolute atomic E-state index is 12.8. The molecule has 28 heavy (non-hydrogen) atoms. The van der Waals surface area contributed by atoms with Crippen molar-refractivity contribution in [3.63, 3.8) is 0 Å². The number of aryl methyl sites for hydroxylation is 2. The van der Waals surface area contributed by atoms with E-state index < -0.39 is 9.84 Å². The third-order valence-electron chi connectivity index (χ3n) is 6.62. The summed E-state index contributed by atoms with van der Waals surface area (Å²) in [5.41, 5.74) is 2.71. The number of piperidine rings is 1. The van der Waals surface area contributed by atoms with Gasteiger partial charge in [0.2, 0.25) is 5.91 Å². The second-order valence-corrected chi connectivity index (χ2v) is 10.9. The Hall–Kier alpha value is -1.40. The van der Waals surface area contributed by atoms with Crippen molar-refractivity contribution in [3.8, 4) is 0 Å². The maximum Gasteiger partial charge on any atom is 0.239 e. The van der Waals surface area contributed by atoms with E-state index in [1.54, 1.807) is 11.9 Å². The van der Waals surface area contributed by atoms with Gasteiger partial charge in [-0.3, -0.25) is 9.69 Å². The molecule has 1 aromatic carbocycles. The van der Waals surface area contributed by atoms with Crippen LogP contribution in [0.15, 0.2) is 24.3 Å². The maximum atomic E-state index is 12.8. The van der Waals surface area contributed by atoms with Gasteiger partial charge in [0.1, 0.15) is 0 Å². The highest BCUT2D eigenvalue weighted by atomic mass is 32.2. The normalized spacial score (nSPS) is 24.2. The number of rotatable bonds is 6. The molecule has 0 spiro atoms. The van der Waals surface area contributed by atoms with E-state index in [-0.39, 0.29) is 29.5 Å². The average Bonchev–Trinajstić information content (AvgIpc) is 3.06. The zero-order valence-electron chi connectivity index (χ0n) is 17.4. The Morgan fingerprint density at radius 2 is 1.82 bits per heavy atom. The second kappa shape index (κ2) is 8.95. The second-order valence-electron chi connectivity index (χ2n) is 8.69. The van der Waals surface area contributed by atoms with Gasteiger partial charge in [-0.1, -0.05) is 29.8 Å². The first-order valence-corrected chi connectivity index (χ1v) is 12.3. The van der Waals surface area contributed by atoms with Gasteiger partial charge in [0.05, 0.1) is 17.5 Å². The van der Waals surface area contributed by atoms with E-state index in [4.69, 9.17) is 0 Å². The molecule has 2 aliphatic heterocycles. The van der Waals surface area contributed by atoms with Gasteiger partial charge in [0.15, 0.2) is 9.84 Å². The van der Waals surface area contributed by atoms with E-state index in [0.717, 1.165) is 38.3 Å². The van der Waals surface area contributed by atoms with Crippen LogP contribution in [-0.4, -0.2) is 67.9 Å². The number of hydrogen-bond donors (Lipinski definition) is 0. The third-order valence-corrected chi connectivity index (χ3v) is 8.37. The summed E-state index contributed by atoms with van der Waals surface area (Å²) in [4.78, 5) is 16.8. The molecule has 1 aromatic rings. The summed E-state index contributed by atoms with van der Waals surface area (Å²) in [5.74, 6) is 1.09. The molecular weight excluding hydrogens is 372 g/mol. The Morgan fingerprint density at radius 3 is 2.39 bits per heavy atom.